The molecular weight excluding hydrogens is 278 g/mol. The van der Waals surface area contributed by atoms with E-state index in [2.05, 4.69) is 10.5 Å². The van der Waals surface area contributed by atoms with Crippen molar-refractivity contribution in [2.45, 2.75) is 0 Å². The Morgan fingerprint density at radius 1 is 1.19 bits per heavy atom. The van der Waals surface area contributed by atoms with Gasteiger partial charge in [0, 0.05) is 11.1 Å². The highest BCUT2D eigenvalue weighted by atomic mass is 19.2. The quantitative estimate of drug-likeness (QED) is 0.695. The third-order valence-corrected chi connectivity index (χ3v) is 2.70. The van der Waals surface area contributed by atoms with E-state index < -0.39 is 17.5 Å². The number of hydrogen-bond donors (Lipinski definition) is 1. The number of amides is 1. The molecule has 0 unspecified atom stereocenters. The van der Waals surface area contributed by atoms with Crippen LogP contribution in [0.25, 0.3) is 0 Å². The van der Waals surface area contributed by atoms with Crippen molar-refractivity contribution in [2.75, 3.05) is 7.11 Å². The maximum atomic E-state index is 13.3. The first-order valence-electron chi connectivity index (χ1n) is 6.03. The molecule has 0 heterocycles. The molecule has 108 valence electrons. The number of benzene rings is 2. The summed E-state index contributed by atoms with van der Waals surface area (Å²) in [6.07, 6.45) is 1.04. The van der Waals surface area contributed by atoms with E-state index >= 15 is 0 Å². The number of ether oxygens (including phenoxy) is 1. The van der Waals surface area contributed by atoms with Gasteiger partial charge in [-0.15, -0.1) is 0 Å². The lowest BCUT2D eigenvalue weighted by molar-refractivity contribution is 0.0955. The van der Waals surface area contributed by atoms with Crippen LogP contribution >= 0.6 is 0 Å². The normalized spacial score (nSPS) is 10.6. The van der Waals surface area contributed by atoms with Crippen LogP contribution in [0.3, 0.4) is 0 Å². The zero-order chi connectivity index (χ0) is 15.2. The molecule has 0 aromatic heterocycles. The molecule has 0 aliphatic heterocycles. The monoisotopic (exact) mass is 290 g/mol. The van der Waals surface area contributed by atoms with Crippen molar-refractivity contribution in [3.05, 3.63) is 65.2 Å². The third-order valence-electron chi connectivity index (χ3n) is 2.70. The molecule has 0 atom stereocenters. The van der Waals surface area contributed by atoms with E-state index in [0.29, 0.717) is 11.3 Å². The molecule has 0 aliphatic rings. The average molecular weight is 290 g/mol. The summed E-state index contributed by atoms with van der Waals surface area (Å²) >= 11 is 0. The summed E-state index contributed by atoms with van der Waals surface area (Å²) in [6, 6.07) is 10.1. The zero-order valence-corrected chi connectivity index (χ0v) is 11.1. The summed E-state index contributed by atoms with van der Waals surface area (Å²) in [4.78, 5) is 11.8. The number of hydrazone groups is 1. The topological polar surface area (TPSA) is 50.7 Å². The standard InChI is InChI=1S/C15H12F2N2O2/c1-21-12-7-5-10(6-8-12)15(20)19-18-9-11-3-2-4-13(16)14(11)17/h2-9H,1H3,(H,19,20)/b18-9+. The average Bonchev–Trinajstić information content (AvgIpc) is 2.51. The summed E-state index contributed by atoms with van der Waals surface area (Å²) in [6.45, 7) is 0. The number of hydrogen-bond acceptors (Lipinski definition) is 3. The van der Waals surface area contributed by atoms with Gasteiger partial charge in [0.1, 0.15) is 5.75 Å². The van der Waals surface area contributed by atoms with E-state index in [1.165, 1.54) is 19.2 Å². The van der Waals surface area contributed by atoms with E-state index in [1.54, 1.807) is 24.3 Å². The SMILES string of the molecule is COc1ccc(C(=O)N/N=C/c2cccc(F)c2F)cc1. The Morgan fingerprint density at radius 3 is 2.57 bits per heavy atom. The molecule has 0 radical (unpaired) electrons. The number of rotatable bonds is 4. The second-order valence-corrected chi connectivity index (χ2v) is 4.07. The highest BCUT2D eigenvalue weighted by Crippen LogP contribution is 2.11. The summed E-state index contributed by atoms with van der Waals surface area (Å²) in [5, 5.41) is 3.60. The minimum atomic E-state index is -1.01. The molecule has 0 saturated carbocycles. The van der Waals surface area contributed by atoms with E-state index in [9.17, 15) is 13.6 Å². The van der Waals surface area contributed by atoms with Crippen molar-refractivity contribution in [3.63, 3.8) is 0 Å². The molecule has 0 spiro atoms. The Labute approximate surface area is 120 Å². The molecule has 21 heavy (non-hydrogen) atoms. The molecule has 0 bridgehead atoms. The lowest BCUT2D eigenvalue weighted by Crippen LogP contribution is -2.17. The predicted octanol–water partition coefficient (Wildman–Crippen LogP) is 2.74. The fraction of sp³-hybridized carbons (Fsp3) is 0.0667. The van der Waals surface area contributed by atoms with Gasteiger partial charge in [-0.2, -0.15) is 5.10 Å². The van der Waals surface area contributed by atoms with Gasteiger partial charge in [0.15, 0.2) is 11.6 Å². The number of carbonyl (C=O) groups excluding carboxylic acids is 1. The van der Waals surface area contributed by atoms with Gasteiger partial charge < -0.3 is 4.74 Å². The van der Waals surface area contributed by atoms with Crippen LogP contribution in [0.5, 0.6) is 5.75 Å². The van der Waals surface area contributed by atoms with Gasteiger partial charge in [-0.1, -0.05) is 12.1 Å². The summed E-state index contributed by atoms with van der Waals surface area (Å²) in [5.41, 5.74) is 2.55. The minimum Gasteiger partial charge on any atom is -0.497 e. The van der Waals surface area contributed by atoms with Crippen molar-refractivity contribution >= 4 is 12.1 Å². The van der Waals surface area contributed by atoms with Crippen molar-refractivity contribution in [1.29, 1.82) is 0 Å². The van der Waals surface area contributed by atoms with Crippen LogP contribution in [0.1, 0.15) is 15.9 Å². The van der Waals surface area contributed by atoms with Gasteiger partial charge in [-0.05, 0) is 30.3 Å². The number of methoxy groups -OCH3 is 1. The number of halogens is 2. The maximum Gasteiger partial charge on any atom is 0.271 e. The molecule has 2 rings (SSSR count). The number of carbonyl (C=O) groups is 1. The van der Waals surface area contributed by atoms with E-state index in [0.717, 1.165) is 12.3 Å². The first-order valence-corrected chi connectivity index (χ1v) is 6.03. The van der Waals surface area contributed by atoms with Gasteiger partial charge in [-0.25, -0.2) is 14.2 Å². The molecule has 0 fully saturated rings. The molecule has 2 aromatic rings. The van der Waals surface area contributed by atoms with Crippen LogP contribution < -0.4 is 10.2 Å². The smallest absolute Gasteiger partial charge is 0.271 e. The van der Waals surface area contributed by atoms with Gasteiger partial charge in [-0.3, -0.25) is 4.79 Å². The Morgan fingerprint density at radius 2 is 1.90 bits per heavy atom. The van der Waals surface area contributed by atoms with Gasteiger partial charge >= 0.3 is 0 Å². The molecule has 1 N–H and O–H groups in total. The fourth-order valence-electron chi connectivity index (χ4n) is 1.59. The van der Waals surface area contributed by atoms with Gasteiger partial charge in [0.25, 0.3) is 5.91 Å². The molecular formula is C15H12F2N2O2. The molecule has 0 aliphatic carbocycles. The highest BCUT2D eigenvalue weighted by molar-refractivity contribution is 5.95. The number of nitrogens with zero attached hydrogens (tertiary/aromatic N) is 1. The first kappa shape index (κ1) is 14.6. The van der Waals surface area contributed by atoms with Crippen LogP contribution in [0.4, 0.5) is 8.78 Å². The fourth-order valence-corrected chi connectivity index (χ4v) is 1.59. The van der Waals surface area contributed by atoms with E-state index in [1.807, 2.05) is 0 Å². The summed E-state index contributed by atoms with van der Waals surface area (Å²) in [7, 11) is 1.52. The van der Waals surface area contributed by atoms with Gasteiger partial charge in [0.05, 0.1) is 13.3 Å². The largest absolute Gasteiger partial charge is 0.497 e. The minimum absolute atomic E-state index is 0.0509. The molecule has 2 aromatic carbocycles. The Bertz CT molecular complexity index is 670. The maximum absolute atomic E-state index is 13.3. The van der Waals surface area contributed by atoms with Gasteiger partial charge in [0.2, 0.25) is 0 Å². The lowest BCUT2D eigenvalue weighted by Gasteiger charge is -2.02. The van der Waals surface area contributed by atoms with Crippen LogP contribution in [0, 0.1) is 11.6 Å². The zero-order valence-electron chi connectivity index (χ0n) is 11.1. The van der Waals surface area contributed by atoms with Crippen LogP contribution in [0.15, 0.2) is 47.6 Å². The molecule has 6 heteroatoms. The predicted molar refractivity (Wildman–Crippen MR) is 74.4 cm³/mol. The third kappa shape index (κ3) is 3.62. The number of nitrogens with one attached hydrogen (secondary N) is 1. The van der Waals surface area contributed by atoms with Crippen LogP contribution in [-0.2, 0) is 0 Å². The van der Waals surface area contributed by atoms with Crippen molar-refractivity contribution in [3.8, 4) is 5.75 Å². The first-order chi connectivity index (χ1) is 10.1. The van der Waals surface area contributed by atoms with Crippen LogP contribution in [-0.4, -0.2) is 19.2 Å². The van der Waals surface area contributed by atoms with Crippen molar-refractivity contribution in [2.24, 2.45) is 5.10 Å². The lowest BCUT2D eigenvalue weighted by atomic mass is 10.2. The van der Waals surface area contributed by atoms with Crippen LogP contribution in [0.2, 0.25) is 0 Å². The van der Waals surface area contributed by atoms with E-state index in [4.69, 9.17) is 4.74 Å². The Balaban J connectivity index is 2.03. The second kappa shape index (κ2) is 6.60. The Kier molecular flexibility index (Phi) is 4.61. The van der Waals surface area contributed by atoms with Crippen molar-refractivity contribution < 1.29 is 18.3 Å². The molecule has 1 amide bonds. The summed E-state index contributed by atoms with van der Waals surface area (Å²) < 4.78 is 31.3. The van der Waals surface area contributed by atoms with E-state index in [-0.39, 0.29) is 5.56 Å². The molecule has 4 nitrogen and oxygen atoms in total. The summed E-state index contributed by atoms with van der Waals surface area (Å²) in [5.74, 6) is -1.83. The molecule has 0 saturated heterocycles. The highest BCUT2D eigenvalue weighted by Gasteiger charge is 2.06. The van der Waals surface area contributed by atoms with Crippen molar-refractivity contribution in [1.82, 2.24) is 5.43 Å². The Hall–Kier alpha value is -2.76. The second-order valence-electron chi connectivity index (χ2n) is 4.07.